The number of Topliss-reactive ketones (excluding diaryl/α,β-unsaturated/α-hetero) is 1. The Balaban J connectivity index is 1.81. The minimum Gasteiger partial charge on any atom is -0.299 e. The summed E-state index contributed by atoms with van der Waals surface area (Å²) >= 11 is 5.06. The van der Waals surface area contributed by atoms with E-state index in [-0.39, 0.29) is 0 Å². The molecule has 1 aliphatic carbocycles. The molecule has 14 heavy (non-hydrogen) atoms. The van der Waals surface area contributed by atoms with Crippen LogP contribution in [-0.2, 0) is 11.2 Å². The maximum atomic E-state index is 11.6. The zero-order valence-electron chi connectivity index (χ0n) is 7.96. The predicted molar refractivity (Wildman–Crippen MR) is 62.7 cm³/mol. The van der Waals surface area contributed by atoms with Crippen molar-refractivity contribution in [2.24, 2.45) is 5.92 Å². The molecule has 0 atom stereocenters. The molecule has 0 amide bonds. The fourth-order valence-electron chi connectivity index (χ4n) is 1.73. The second kappa shape index (κ2) is 4.58. The van der Waals surface area contributed by atoms with Crippen LogP contribution in [0.1, 0.15) is 30.6 Å². The lowest BCUT2D eigenvalue weighted by Gasteiger charge is -2.24. The molecule has 0 spiro atoms. The summed E-state index contributed by atoms with van der Waals surface area (Å²) in [6.45, 7) is 0. The van der Waals surface area contributed by atoms with E-state index in [1.54, 1.807) is 11.3 Å². The van der Waals surface area contributed by atoms with Gasteiger partial charge < -0.3 is 0 Å². The number of hydrogen-bond acceptors (Lipinski definition) is 2. The maximum Gasteiger partial charge on any atom is 0.138 e. The van der Waals surface area contributed by atoms with E-state index in [4.69, 9.17) is 0 Å². The molecular weight excluding hydrogens is 260 g/mol. The molecule has 1 nitrogen and oxygen atoms in total. The third-order valence-corrected chi connectivity index (χ3v) is 4.43. The van der Waals surface area contributed by atoms with Gasteiger partial charge in [-0.25, -0.2) is 0 Å². The third kappa shape index (κ3) is 2.67. The summed E-state index contributed by atoms with van der Waals surface area (Å²) in [5.41, 5.74) is 0. The maximum absolute atomic E-state index is 11.6. The molecule has 0 bridgehead atoms. The molecule has 1 aliphatic rings. The molecule has 1 aromatic rings. The standard InChI is InChI=1S/C11H13BrOS/c12-9-5-11(14-7-9)6-10(13)4-8-2-1-3-8/h5,7-8H,1-4,6H2. The molecule has 1 fully saturated rings. The number of carbonyl (C=O) groups excluding carboxylic acids is 1. The van der Waals surface area contributed by atoms with Crippen LogP contribution in [0.2, 0.25) is 0 Å². The Bertz CT molecular complexity index is 328. The van der Waals surface area contributed by atoms with E-state index < -0.39 is 0 Å². The Hall–Kier alpha value is -0.150. The average molecular weight is 273 g/mol. The van der Waals surface area contributed by atoms with E-state index in [0.717, 1.165) is 10.9 Å². The fraction of sp³-hybridized carbons (Fsp3) is 0.545. The Labute approximate surface area is 96.6 Å². The molecule has 2 rings (SSSR count). The van der Waals surface area contributed by atoms with Crippen LogP contribution in [0.5, 0.6) is 0 Å². The van der Waals surface area contributed by atoms with Crippen LogP contribution in [0.15, 0.2) is 15.9 Å². The Morgan fingerprint density at radius 1 is 1.57 bits per heavy atom. The molecule has 1 heterocycles. The van der Waals surface area contributed by atoms with Crippen molar-refractivity contribution >= 4 is 33.0 Å². The molecule has 0 aromatic carbocycles. The SMILES string of the molecule is O=C(Cc1cc(Br)cs1)CC1CCC1. The van der Waals surface area contributed by atoms with Crippen LogP contribution in [0.4, 0.5) is 0 Å². The van der Waals surface area contributed by atoms with Gasteiger partial charge in [-0.3, -0.25) is 4.79 Å². The topological polar surface area (TPSA) is 17.1 Å². The van der Waals surface area contributed by atoms with Gasteiger partial charge in [0.15, 0.2) is 0 Å². The Morgan fingerprint density at radius 2 is 2.36 bits per heavy atom. The van der Waals surface area contributed by atoms with Gasteiger partial charge in [0.05, 0.1) is 0 Å². The summed E-state index contributed by atoms with van der Waals surface area (Å²) in [7, 11) is 0. The van der Waals surface area contributed by atoms with Crippen LogP contribution < -0.4 is 0 Å². The van der Waals surface area contributed by atoms with Crippen LogP contribution in [0.3, 0.4) is 0 Å². The van der Waals surface area contributed by atoms with E-state index in [1.807, 2.05) is 11.4 Å². The lowest BCUT2D eigenvalue weighted by Crippen LogP contribution is -2.16. The molecule has 3 heteroatoms. The summed E-state index contributed by atoms with van der Waals surface area (Å²) in [5.74, 6) is 1.11. The molecule has 0 unspecified atom stereocenters. The first-order valence-electron chi connectivity index (χ1n) is 4.98. The highest BCUT2D eigenvalue weighted by Crippen LogP contribution is 2.30. The zero-order valence-corrected chi connectivity index (χ0v) is 10.4. The Kier molecular flexibility index (Phi) is 3.39. The van der Waals surface area contributed by atoms with Crippen molar-refractivity contribution in [3.8, 4) is 0 Å². The highest BCUT2D eigenvalue weighted by Gasteiger charge is 2.20. The van der Waals surface area contributed by atoms with E-state index in [1.165, 1.54) is 24.1 Å². The highest BCUT2D eigenvalue weighted by atomic mass is 79.9. The normalized spacial score (nSPS) is 16.6. The van der Waals surface area contributed by atoms with Crippen LogP contribution >= 0.6 is 27.3 Å². The number of ketones is 1. The highest BCUT2D eigenvalue weighted by molar-refractivity contribution is 9.10. The molecular formula is C11H13BrOS. The van der Waals surface area contributed by atoms with Crippen molar-refractivity contribution in [1.82, 2.24) is 0 Å². The average Bonchev–Trinajstić information content (AvgIpc) is 2.44. The summed E-state index contributed by atoms with van der Waals surface area (Å²) in [4.78, 5) is 12.8. The van der Waals surface area contributed by atoms with E-state index in [2.05, 4.69) is 15.9 Å². The van der Waals surface area contributed by atoms with Crippen LogP contribution in [-0.4, -0.2) is 5.78 Å². The lowest BCUT2D eigenvalue weighted by molar-refractivity contribution is -0.119. The van der Waals surface area contributed by atoms with Gasteiger partial charge in [0.1, 0.15) is 5.78 Å². The fourth-order valence-corrected chi connectivity index (χ4v) is 3.21. The van der Waals surface area contributed by atoms with Crippen molar-refractivity contribution in [3.05, 3.63) is 20.8 Å². The molecule has 0 radical (unpaired) electrons. The zero-order chi connectivity index (χ0) is 9.97. The molecule has 1 saturated carbocycles. The molecule has 0 N–H and O–H groups in total. The van der Waals surface area contributed by atoms with Gasteiger partial charge in [-0.2, -0.15) is 0 Å². The first-order chi connectivity index (χ1) is 6.74. The summed E-state index contributed by atoms with van der Waals surface area (Å²) in [5, 5.41) is 2.03. The smallest absolute Gasteiger partial charge is 0.138 e. The van der Waals surface area contributed by atoms with Crippen LogP contribution in [0.25, 0.3) is 0 Å². The molecule has 1 aromatic heterocycles. The largest absolute Gasteiger partial charge is 0.299 e. The second-order valence-electron chi connectivity index (χ2n) is 3.95. The molecule has 76 valence electrons. The van der Waals surface area contributed by atoms with Crippen molar-refractivity contribution in [3.63, 3.8) is 0 Å². The van der Waals surface area contributed by atoms with Crippen LogP contribution in [0, 0.1) is 5.92 Å². The van der Waals surface area contributed by atoms with Gasteiger partial charge in [-0.1, -0.05) is 19.3 Å². The van der Waals surface area contributed by atoms with Gasteiger partial charge in [-0.15, -0.1) is 11.3 Å². The van der Waals surface area contributed by atoms with E-state index in [0.29, 0.717) is 18.1 Å². The summed E-state index contributed by atoms with van der Waals surface area (Å²) in [6, 6.07) is 2.04. The predicted octanol–water partition coefficient (Wildman–Crippen LogP) is 3.81. The summed E-state index contributed by atoms with van der Waals surface area (Å²) < 4.78 is 1.09. The van der Waals surface area contributed by atoms with E-state index >= 15 is 0 Å². The van der Waals surface area contributed by atoms with Gasteiger partial charge >= 0.3 is 0 Å². The molecule has 0 saturated heterocycles. The number of hydrogen-bond donors (Lipinski definition) is 0. The van der Waals surface area contributed by atoms with E-state index in [9.17, 15) is 4.79 Å². The minimum absolute atomic E-state index is 0.407. The minimum atomic E-state index is 0.407. The monoisotopic (exact) mass is 272 g/mol. The van der Waals surface area contributed by atoms with Crippen molar-refractivity contribution in [2.45, 2.75) is 32.1 Å². The number of halogens is 1. The first kappa shape index (κ1) is 10.4. The van der Waals surface area contributed by atoms with Gasteiger partial charge in [0.2, 0.25) is 0 Å². The number of rotatable bonds is 4. The van der Waals surface area contributed by atoms with Gasteiger partial charge in [0.25, 0.3) is 0 Å². The van der Waals surface area contributed by atoms with Crippen molar-refractivity contribution in [2.75, 3.05) is 0 Å². The van der Waals surface area contributed by atoms with Gasteiger partial charge in [0, 0.05) is 27.6 Å². The van der Waals surface area contributed by atoms with Crippen molar-refractivity contribution < 1.29 is 4.79 Å². The number of thiophene rings is 1. The summed E-state index contributed by atoms with van der Waals surface area (Å²) in [6.07, 6.45) is 5.28. The Morgan fingerprint density at radius 3 is 2.86 bits per heavy atom. The molecule has 0 aliphatic heterocycles. The second-order valence-corrected chi connectivity index (χ2v) is 5.86. The van der Waals surface area contributed by atoms with Gasteiger partial charge in [-0.05, 0) is 27.9 Å². The number of carbonyl (C=O) groups is 1. The lowest BCUT2D eigenvalue weighted by atomic mass is 9.81. The quantitative estimate of drug-likeness (QED) is 0.815. The first-order valence-corrected chi connectivity index (χ1v) is 6.66. The van der Waals surface area contributed by atoms with Crippen molar-refractivity contribution in [1.29, 1.82) is 0 Å². The third-order valence-electron chi connectivity index (χ3n) is 2.73.